The molecule has 1 atom stereocenters. The molecule has 0 bridgehead atoms. The molecule has 0 aromatic carbocycles. The largest absolute Gasteiger partial charge is 0.330 e. The molecule has 0 fully saturated rings. The van der Waals surface area contributed by atoms with E-state index in [0.717, 1.165) is 12.5 Å². The first kappa shape index (κ1) is 15.0. The lowest BCUT2D eigenvalue weighted by Crippen LogP contribution is -1.99. The van der Waals surface area contributed by atoms with Gasteiger partial charge in [-0.15, -0.1) is 0 Å². The van der Waals surface area contributed by atoms with E-state index in [4.69, 9.17) is 5.73 Å². The molecular weight excluding hydrogens is 182 g/mol. The van der Waals surface area contributed by atoms with Gasteiger partial charge >= 0.3 is 0 Å². The minimum absolute atomic E-state index is 0.869. The molecule has 2 N–H and O–H groups in total. The summed E-state index contributed by atoms with van der Waals surface area (Å²) in [5.41, 5.74) is 5.47. The number of hydrogen-bond donors (Lipinski definition) is 1. The van der Waals surface area contributed by atoms with Crippen molar-refractivity contribution in [2.75, 3.05) is 6.54 Å². The number of rotatable bonds is 11. The fourth-order valence-corrected chi connectivity index (χ4v) is 2.15. The standard InChI is InChI=1S/C14H31N/c1-3-5-11-14(4-2)12-9-7-6-8-10-13-15/h14H,3-13,15H2,1-2H3. The second-order valence-corrected chi connectivity index (χ2v) is 4.76. The van der Waals surface area contributed by atoms with Crippen molar-refractivity contribution in [1.82, 2.24) is 0 Å². The van der Waals surface area contributed by atoms with Crippen molar-refractivity contribution in [2.45, 2.75) is 78.1 Å². The molecular formula is C14H31N. The monoisotopic (exact) mass is 213 g/mol. The van der Waals surface area contributed by atoms with Gasteiger partial charge in [-0.25, -0.2) is 0 Å². The van der Waals surface area contributed by atoms with Crippen LogP contribution in [0.15, 0.2) is 0 Å². The van der Waals surface area contributed by atoms with Crippen LogP contribution in [0.3, 0.4) is 0 Å². The van der Waals surface area contributed by atoms with Crippen molar-refractivity contribution >= 4 is 0 Å². The SMILES string of the molecule is CCCCC(CC)CCCCCCCN. The Morgan fingerprint density at radius 3 is 2.00 bits per heavy atom. The zero-order chi connectivity index (χ0) is 11.4. The maximum Gasteiger partial charge on any atom is -0.00773 e. The van der Waals surface area contributed by atoms with Gasteiger partial charge in [0.05, 0.1) is 0 Å². The van der Waals surface area contributed by atoms with Crippen LogP contribution in [0.1, 0.15) is 78.1 Å². The molecule has 92 valence electrons. The fourth-order valence-electron chi connectivity index (χ4n) is 2.15. The summed E-state index contributed by atoms with van der Waals surface area (Å²) in [7, 11) is 0. The Morgan fingerprint density at radius 1 is 0.800 bits per heavy atom. The number of unbranched alkanes of at least 4 members (excludes halogenated alkanes) is 5. The maximum absolute atomic E-state index is 5.47. The third-order valence-electron chi connectivity index (χ3n) is 3.36. The van der Waals surface area contributed by atoms with Crippen molar-refractivity contribution in [3.63, 3.8) is 0 Å². The van der Waals surface area contributed by atoms with Crippen molar-refractivity contribution in [3.8, 4) is 0 Å². The van der Waals surface area contributed by atoms with Gasteiger partial charge in [-0.3, -0.25) is 0 Å². The van der Waals surface area contributed by atoms with Gasteiger partial charge in [0.1, 0.15) is 0 Å². The number of nitrogens with two attached hydrogens (primary N) is 1. The Morgan fingerprint density at radius 2 is 1.40 bits per heavy atom. The molecule has 0 amide bonds. The molecule has 15 heavy (non-hydrogen) atoms. The summed E-state index contributed by atoms with van der Waals surface area (Å²) in [5, 5.41) is 0. The molecule has 1 unspecified atom stereocenters. The van der Waals surface area contributed by atoms with Crippen LogP contribution in [0, 0.1) is 5.92 Å². The Hall–Kier alpha value is -0.0400. The minimum Gasteiger partial charge on any atom is -0.330 e. The lowest BCUT2D eigenvalue weighted by Gasteiger charge is -2.13. The topological polar surface area (TPSA) is 26.0 Å². The van der Waals surface area contributed by atoms with E-state index in [2.05, 4.69) is 13.8 Å². The second-order valence-electron chi connectivity index (χ2n) is 4.76. The normalized spacial score (nSPS) is 13.0. The first-order chi connectivity index (χ1) is 7.35. The third-order valence-corrected chi connectivity index (χ3v) is 3.36. The van der Waals surface area contributed by atoms with Gasteiger partial charge in [-0.2, -0.15) is 0 Å². The van der Waals surface area contributed by atoms with Crippen LogP contribution in [-0.4, -0.2) is 6.54 Å². The van der Waals surface area contributed by atoms with Gasteiger partial charge in [0.2, 0.25) is 0 Å². The molecule has 0 saturated heterocycles. The summed E-state index contributed by atoms with van der Waals surface area (Å²) in [6.45, 7) is 5.50. The average Bonchev–Trinajstić information content (AvgIpc) is 2.27. The minimum atomic E-state index is 0.869. The predicted octanol–water partition coefficient (Wildman–Crippen LogP) is 4.50. The summed E-state index contributed by atoms with van der Waals surface area (Å²) in [4.78, 5) is 0. The molecule has 0 aromatic heterocycles. The van der Waals surface area contributed by atoms with Crippen molar-refractivity contribution < 1.29 is 0 Å². The predicted molar refractivity (Wildman–Crippen MR) is 70.1 cm³/mol. The molecule has 0 radical (unpaired) electrons. The van der Waals surface area contributed by atoms with Gasteiger partial charge < -0.3 is 5.73 Å². The highest BCUT2D eigenvalue weighted by Gasteiger charge is 2.04. The van der Waals surface area contributed by atoms with E-state index in [0.29, 0.717) is 0 Å². The molecule has 0 aliphatic carbocycles. The lowest BCUT2D eigenvalue weighted by atomic mass is 9.93. The Bertz CT molecular complexity index is 112. The van der Waals surface area contributed by atoms with Crippen LogP contribution in [0.2, 0.25) is 0 Å². The smallest absolute Gasteiger partial charge is 0.00773 e. The molecule has 0 saturated carbocycles. The van der Waals surface area contributed by atoms with E-state index in [9.17, 15) is 0 Å². The average molecular weight is 213 g/mol. The van der Waals surface area contributed by atoms with Crippen molar-refractivity contribution in [1.29, 1.82) is 0 Å². The van der Waals surface area contributed by atoms with Gasteiger partial charge in [-0.05, 0) is 18.9 Å². The summed E-state index contributed by atoms with van der Waals surface area (Å²) in [6.07, 6.45) is 13.9. The van der Waals surface area contributed by atoms with Gasteiger partial charge in [0.25, 0.3) is 0 Å². The molecule has 0 rings (SSSR count). The zero-order valence-electron chi connectivity index (χ0n) is 10.9. The molecule has 0 aliphatic rings. The van der Waals surface area contributed by atoms with E-state index in [1.165, 1.54) is 64.2 Å². The zero-order valence-corrected chi connectivity index (χ0v) is 10.9. The molecule has 0 aliphatic heterocycles. The highest BCUT2D eigenvalue weighted by molar-refractivity contribution is 4.58. The fraction of sp³-hybridized carbons (Fsp3) is 1.00. The quantitative estimate of drug-likeness (QED) is 0.502. The van der Waals surface area contributed by atoms with Crippen LogP contribution in [-0.2, 0) is 0 Å². The summed E-state index contributed by atoms with van der Waals surface area (Å²) < 4.78 is 0. The molecule has 0 aromatic rings. The maximum atomic E-state index is 5.47. The van der Waals surface area contributed by atoms with E-state index in [1.807, 2.05) is 0 Å². The first-order valence-electron chi connectivity index (χ1n) is 7.05. The molecule has 1 heteroatoms. The Labute approximate surface area is 96.8 Å². The summed E-state index contributed by atoms with van der Waals surface area (Å²) in [5.74, 6) is 0.999. The van der Waals surface area contributed by atoms with Gasteiger partial charge in [0, 0.05) is 0 Å². The van der Waals surface area contributed by atoms with E-state index in [1.54, 1.807) is 0 Å². The van der Waals surface area contributed by atoms with Gasteiger partial charge in [0.15, 0.2) is 0 Å². The van der Waals surface area contributed by atoms with Crippen LogP contribution in [0.5, 0.6) is 0 Å². The third kappa shape index (κ3) is 10.2. The van der Waals surface area contributed by atoms with Crippen molar-refractivity contribution in [2.24, 2.45) is 11.7 Å². The van der Waals surface area contributed by atoms with Crippen LogP contribution in [0.25, 0.3) is 0 Å². The lowest BCUT2D eigenvalue weighted by molar-refractivity contribution is 0.400. The van der Waals surface area contributed by atoms with Crippen molar-refractivity contribution in [3.05, 3.63) is 0 Å². The molecule has 0 heterocycles. The summed E-state index contributed by atoms with van der Waals surface area (Å²) in [6, 6.07) is 0. The van der Waals surface area contributed by atoms with Crippen LogP contribution in [0.4, 0.5) is 0 Å². The highest BCUT2D eigenvalue weighted by atomic mass is 14.5. The van der Waals surface area contributed by atoms with E-state index >= 15 is 0 Å². The van der Waals surface area contributed by atoms with E-state index < -0.39 is 0 Å². The molecule has 0 spiro atoms. The molecule has 1 nitrogen and oxygen atoms in total. The number of hydrogen-bond acceptors (Lipinski definition) is 1. The second kappa shape index (κ2) is 12.0. The Kier molecular flexibility index (Phi) is 12.0. The Balaban J connectivity index is 3.22. The van der Waals surface area contributed by atoms with E-state index in [-0.39, 0.29) is 0 Å². The van der Waals surface area contributed by atoms with Crippen LogP contribution >= 0.6 is 0 Å². The van der Waals surface area contributed by atoms with Gasteiger partial charge in [-0.1, -0.05) is 71.6 Å². The first-order valence-corrected chi connectivity index (χ1v) is 7.05. The highest BCUT2D eigenvalue weighted by Crippen LogP contribution is 2.20. The summed E-state index contributed by atoms with van der Waals surface area (Å²) >= 11 is 0. The van der Waals surface area contributed by atoms with Crippen LogP contribution < -0.4 is 5.73 Å².